The van der Waals surface area contributed by atoms with Gasteiger partial charge in [-0.25, -0.2) is 24.0 Å². The number of hydrogen-bond acceptors (Lipinski definition) is 21. The summed E-state index contributed by atoms with van der Waals surface area (Å²) in [6.07, 6.45) is -16.3. The minimum Gasteiger partial charge on any atom is -0.467 e. The zero-order chi connectivity index (χ0) is 55.6. The molecule has 1 saturated carbocycles. The maximum Gasteiger partial charge on any atom is 0.410 e. The van der Waals surface area contributed by atoms with E-state index in [1.165, 1.54) is 14.0 Å². The molecule has 2 aliphatic heterocycles. The van der Waals surface area contributed by atoms with Gasteiger partial charge in [-0.2, -0.15) is 0 Å². The molecule has 3 aliphatic rings. The summed E-state index contributed by atoms with van der Waals surface area (Å²) in [6.45, 7) is 19.9. The Balaban J connectivity index is 2.12. The fraction of sp³-hybridized carbons (Fsp3) is 0.830. The number of carbonyl (C=O) groups excluding carboxylic acids is 6. The molecular formula is C47H82N6O20. The zero-order valence-electron chi connectivity index (χ0n) is 44.8. The smallest absolute Gasteiger partial charge is 0.410 e. The highest BCUT2D eigenvalue weighted by molar-refractivity contribution is 5.81. The van der Waals surface area contributed by atoms with E-state index in [1.54, 1.807) is 89.2 Å². The van der Waals surface area contributed by atoms with Crippen LogP contribution in [0.25, 0.3) is 0 Å². The van der Waals surface area contributed by atoms with Crippen LogP contribution in [0.5, 0.6) is 0 Å². The highest BCUT2D eigenvalue weighted by Crippen LogP contribution is 2.35. The summed E-state index contributed by atoms with van der Waals surface area (Å²) in [6, 6.07) is -5.21. The fourth-order valence-electron chi connectivity index (χ4n) is 7.83. The average Bonchev–Trinajstić information content (AvgIpc) is 3.21. The first-order chi connectivity index (χ1) is 33.4. The molecule has 5 amide bonds. The van der Waals surface area contributed by atoms with Crippen molar-refractivity contribution in [1.82, 2.24) is 31.5 Å². The molecule has 10 N–H and O–H groups in total. The van der Waals surface area contributed by atoms with E-state index in [4.69, 9.17) is 37.9 Å². The van der Waals surface area contributed by atoms with Crippen LogP contribution in [0.4, 0.5) is 19.2 Å². The average molecular weight is 1050 g/mol. The molecule has 0 aromatic carbocycles. The van der Waals surface area contributed by atoms with E-state index in [1.807, 2.05) is 0 Å². The topological polar surface area (TPSA) is 350 Å². The van der Waals surface area contributed by atoms with Crippen molar-refractivity contribution in [2.45, 2.75) is 211 Å². The molecule has 0 bridgehead atoms. The van der Waals surface area contributed by atoms with Gasteiger partial charge in [0, 0.05) is 20.1 Å². The van der Waals surface area contributed by atoms with Crippen LogP contribution in [0.15, 0.2) is 11.8 Å². The lowest BCUT2D eigenvalue weighted by atomic mass is 9.82. The van der Waals surface area contributed by atoms with E-state index in [9.17, 15) is 54.3 Å². The molecule has 2 heterocycles. The fourth-order valence-corrected chi connectivity index (χ4v) is 7.83. The van der Waals surface area contributed by atoms with Crippen LogP contribution in [0.3, 0.4) is 0 Å². The second-order valence-electron chi connectivity index (χ2n) is 22.4. The highest BCUT2D eigenvalue weighted by Gasteiger charge is 2.55. The summed E-state index contributed by atoms with van der Waals surface area (Å²) in [5.41, 5.74) is -5.67. The molecule has 0 aromatic rings. The summed E-state index contributed by atoms with van der Waals surface area (Å²) in [4.78, 5) is 79.1. The van der Waals surface area contributed by atoms with Gasteiger partial charge in [-0.1, -0.05) is 0 Å². The molecule has 1 aliphatic carbocycles. The van der Waals surface area contributed by atoms with Crippen LogP contribution in [-0.4, -0.2) is 208 Å². The van der Waals surface area contributed by atoms with Gasteiger partial charge in [-0.3, -0.25) is 4.79 Å². The van der Waals surface area contributed by atoms with Crippen LogP contribution < -0.4 is 26.6 Å². The maximum absolute atomic E-state index is 13.8. The highest BCUT2D eigenvalue weighted by atomic mass is 16.7. The standard InChI is InChI=1S/C47H82N6O20/c1-43(2,3)70-39(60)49-19-18-28(54)35(58)50-26-20-27(52-41(62)72-45(7,8)9)33(30(56)32(26)69-38-31(57)34(47(13,64)23-66-38)53(14)42(63)73-46(10,11)12)68-37-25(51-40(61)71-44(4,5)6)17-16-24(67-37)21-48-22-29(55)36(59)65-15/h16,25-34,37-38,48,54-57,64H,17-23H2,1-15H3,(H,49,60)(H,50,58)(H,51,61)(H,52,62)/t25-,26-,27+,28+,29+,30-,31-,32+,33-,34-,37-,38-,47+/m1/s1. The Kier molecular flexibility index (Phi) is 21.9. The van der Waals surface area contributed by atoms with Gasteiger partial charge in [0.2, 0.25) is 12.2 Å². The lowest BCUT2D eigenvalue weighted by molar-refractivity contribution is -0.311. The van der Waals surface area contributed by atoms with Crippen LogP contribution in [0.1, 0.15) is 109 Å². The first-order valence-corrected chi connectivity index (χ1v) is 24.1. The van der Waals surface area contributed by atoms with Gasteiger partial charge in [-0.15, -0.1) is 0 Å². The van der Waals surface area contributed by atoms with Crippen molar-refractivity contribution in [3.05, 3.63) is 11.8 Å². The molecule has 26 heteroatoms. The number of hydrogen-bond donors (Lipinski definition) is 10. The summed E-state index contributed by atoms with van der Waals surface area (Å²) in [5.74, 6) is -1.70. The number of amides is 5. The monoisotopic (exact) mass is 1050 g/mol. The third-order valence-corrected chi connectivity index (χ3v) is 10.9. The number of nitrogens with zero attached hydrogens (tertiary/aromatic N) is 1. The molecule has 2 fully saturated rings. The molecule has 13 atom stereocenters. The molecule has 3 rings (SSSR count). The van der Waals surface area contributed by atoms with Crippen molar-refractivity contribution in [3.63, 3.8) is 0 Å². The Morgan fingerprint density at radius 2 is 1.25 bits per heavy atom. The molecule has 1 saturated heterocycles. The first-order valence-electron chi connectivity index (χ1n) is 24.1. The van der Waals surface area contributed by atoms with Crippen molar-refractivity contribution in [2.24, 2.45) is 0 Å². The van der Waals surface area contributed by atoms with Crippen molar-refractivity contribution in [3.8, 4) is 0 Å². The summed E-state index contributed by atoms with van der Waals surface area (Å²) in [7, 11) is 2.41. The van der Waals surface area contributed by atoms with E-state index in [0.717, 1.165) is 12.0 Å². The summed E-state index contributed by atoms with van der Waals surface area (Å²) < 4.78 is 51.4. The number of rotatable bonds is 17. The zero-order valence-corrected chi connectivity index (χ0v) is 44.8. The largest absolute Gasteiger partial charge is 0.467 e. The Labute approximate surface area is 426 Å². The van der Waals surface area contributed by atoms with Crippen molar-refractivity contribution >= 4 is 36.2 Å². The molecular weight excluding hydrogens is 969 g/mol. The summed E-state index contributed by atoms with van der Waals surface area (Å²) in [5, 5.41) is 70.6. The van der Waals surface area contributed by atoms with E-state index < -0.39 is 144 Å². The Morgan fingerprint density at radius 1 is 0.740 bits per heavy atom. The Bertz CT molecular complexity index is 1910. The van der Waals surface area contributed by atoms with Gasteiger partial charge in [0.25, 0.3) is 0 Å². The van der Waals surface area contributed by atoms with Gasteiger partial charge in [0.05, 0.1) is 44.4 Å². The van der Waals surface area contributed by atoms with Gasteiger partial charge in [-0.05, 0) is 115 Å². The van der Waals surface area contributed by atoms with Crippen molar-refractivity contribution in [2.75, 3.05) is 40.4 Å². The Hall–Kier alpha value is -4.80. The van der Waals surface area contributed by atoms with Crippen molar-refractivity contribution in [1.29, 1.82) is 0 Å². The number of alkyl carbamates (subject to hydrolysis) is 3. The van der Waals surface area contributed by atoms with Crippen LogP contribution in [0.2, 0.25) is 0 Å². The lowest BCUT2D eigenvalue weighted by Gasteiger charge is -2.50. The van der Waals surface area contributed by atoms with Gasteiger partial charge < -0.3 is 99.6 Å². The second kappa shape index (κ2) is 25.6. The first kappa shape index (κ1) is 62.5. The number of methoxy groups -OCH3 is 1. The van der Waals surface area contributed by atoms with Crippen LogP contribution in [-0.2, 0) is 52.2 Å². The number of ether oxygens (including phenoxy) is 9. The third kappa shape index (κ3) is 20.4. The van der Waals surface area contributed by atoms with E-state index in [-0.39, 0.29) is 44.7 Å². The number of aliphatic hydroxyl groups is 5. The molecule has 73 heavy (non-hydrogen) atoms. The number of nitrogens with one attached hydrogen (secondary N) is 5. The van der Waals surface area contributed by atoms with E-state index in [0.29, 0.717) is 0 Å². The normalized spacial score (nSPS) is 28.6. The third-order valence-electron chi connectivity index (χ3n) is 10.9. The summed E-state index contributed by atoms with van der Waals surface area (Å²) >= 11 is 0. The minimum atomic E-state index is -1.96. The van der Waals surface area contributed by atoms with E-state index >= 15 is 0 Å². The molecule has 26 nitrogen and oxygen atoms in total. The molecule has 0 unspecified atom stereocenters. The predicted octanol–water partition coefficient (Wildman–Crippen LogP) is 0.526. The van der Waals surface area contributed by atoms with Gasteiger partial charge in [0.1, 0.15) is 64.3 Å². The number of esters is 1. The number of likely N-dealkylation sites (N-methyl/N-ethyl adjacent to an activating group) is 1. The molecule has 0 spiro atoms. The van der Waals surface area contributed by atoms with Crippen LogP contribution in [0, 0.1) is 0 Å². The van der Waals surface area contributed by atoms with Crippen LogP contribution >= 0.6 is 0 Å². The Morgan fingerprint density at radius 3 is 1.78 bits per heavy atom. The van der Waals surface area contributed by atoms with Gasteiger partial charge in [0.15, 0.2) is 12.4 Å². The lowest BCUT2D eigenvalue weighted by Crippen LogP contribution is -2.71. The predicted molar refractivity (Wildman–Crippen MR) is 256 cm³/mol. The molecule has 0 radical (unpaired) electrons. The number of aliphatic hydroxyl groups excluding tert-OH is 4. The molecule has 0 aromatic heterocycles. The SMILES string of the molecule is COC(=O)[C@@H](O)CNCC1=CC[C@@H](NC(=O)OC(C)(C)C)[C@@H](O[C@H]2[C@H](O)[C@@H](O[C@H]3OC[C@](C)(O)[C@H](N(C)C(=O)OC(C)(C)C)[C@H]3O)[C@H](NC(=O)[C@@H](O)CCNC(=O)OC(C)(C)C)C[C@@H]2NC(=O)OC(C)(C)C)O1. The van der Waals surface area contributed by atoms with Crippen molar-refractivity contribution < 1.29 is 96.9 Å². The second-order valence-corrected chi connectivity index (χ2v) is 22.4. The van der Waals surface area contributed by atoms with E-state index in [2.05, 4.69) is 31.3 Å². The minimum absolute atomic E-state index is 0.0291. The maximum atomic E-state index is 13.8. The quantitative estimate of drug-likeness (QED) is 0.0701. The number of carbonyl (C=O) groups is 6. The molecule has 420 valence electrons. The van der Waals surface area contributed by atoms with Gasteiger partial charge >= 0.3 is 30.3 Å².